The molecule has 3 rings (SSSR count). The monoisotopic (exact) mass is 285 g/mol. The molecule has 0 aliphatic heterocycles. The minimum absolute atomic E-state index is 0.627. The van der Waals surface area contributed by atoms with Crippen molar-refractivity contribution in [2.75, 3.05) is 6.54 Å². The third-order valence-electron chi connectivity index (χ3n) is 3.52. The second kappa shape index (κ2) is 5.27. The van der Waals surface area contributed by atoms with E-state index >= 15 is 0 Å². The highest BCUT2D eigenvalue weighted by molar-refractivity contribution is 6.35. The van der Waals surface area contributed by atoms with E-state index < -0.39 is 0 Å². The van der Waals surface area contributed by atoms with Gasteiger partial charge < -0.3 is 10.3 Å². The lowest BCUT2D eigenvalue weighted by Crippen LogP contribution is -2.05. The van der Waals surface area contributed by atoms with Gasteiger partial charge in [0.25, 0.3) is 0 Å². The van der Waals surface area contributed by atoms with Gasteiger partial charge in [-0.25, -0.2) is 4.98 Å². The van der Waals surface area contributed by atoms with Crippen LogP contribution in [0.25, 0.3) is 22.4 Å². The van der Waals surface area contributed by atoms with Crippen LogP contribution in [-0.4, -0.2) is 16.1 Å². The molecule has 1 heterocycles. The molecule has 0 saturated heterocycles. The number of nitrogens with zero attached hydrogens (tertiary/aromatic N) is 2. The van der Waals surface area contributed by atoms with E-state index in [2.05, 4.69) is 12.1 Å². The molecule has 0 saturated carbocycles. The fourth-order valence-corrected chi connectivity index (χ4v) is 2.87. The van der Waals surface area contributed by atoms with Gasteiger partial charge in [0.15, 0.2) is 0 Å². The third-order valence-corrected chi connectivity index (χ3v) is 3.82. The summed E-state index contributed by atoms with van der Waals surface area (Å²) in [7, 11) is 2.00. The van der Waals surface area contributed by atoms with E-state index in [0.29, 0.717) is 6.54 Å². The molecule has 2 aromatic carbocycles. The normalized spacial score (nSPS) is 11.2. The second-order valence-corrected chi connectivity index (χ2v) is 5.21. The Morgan fingerprint density at radius 1 is 1.15 bits per heavy atom. The minimum Gasteiger partial charge on any atom is -0.330 e. The zero-order valence-corrected chi connectivity index (χ0v) is 12.1. The molecule has 0 spiro atoms. The van der Waals surface area contributed by atoms with Gasteiger partial charge >= 0.3 is 0 Å². The van der Waals surface area contributed by atoms with Crippen LogP contribution in [0.5, 0.6) is 0 Å². The molecule has 20 heavy (non-hydrogen) atoms. The molecule has 4 heteroatoms. The zero-order chi connectivity index (χ0) is 14.1. The number of imidazole rings is 1. The van der Waals surface area contributed by atoms with Gasteiger partial charge in [0.1, 0.15) is 5.82 Å². The summed E-state index contributed by atoms with van der Waals surface area (Å²) in [5.41, 5.74) is 9.91. The van der Waals surface area contributed by atoms with E-state index in [1.807, 2.05) is 41.9 Å². The number of fused-ring (bicyclic) bond motifs is 1. The van der Waals surface area contributed by atoms with Gasteiger partial charge in [0.05, 0.1) is 16.1 Å². The average Bonchev–Trinajstić information content (AvgIpc) is 2.78. The summed E-state index contributed by atoms with van der Waals surface area (Å²) in [4.78, 5) is 4.72. The summed E-state index contributed by atoms with van der Waals surface area (Å²) >= 11 is 6.28. The fourth-order valence-electron chi connectivity index (χ4n) is 2.57. The first-order chi connectivity index (χ1) is 9.72. The number of hydrogen-bond acceptors (Lipinski definition) is 2. The molecule has 0 aliphatic rings. The highest BCUT2D eigenvalue weighted by Gasteiger charge is 2.14. The van der Waals surface area contributed by atoms with Crippen LogP contribution in [0.15, 0.2) is 42.5 Å². The Hall–Kier alpha value is -1.84. The molecule has 3 aromatic rings. The van der Waals surface area contributed by atoms with Gasteiger partial charge in [-0.3, -0.25) is 0 Å². The van der Waals surface area contributed by atoms with E-state index in [4.69, 9.17) is 22.3 Å². The van der Waals surface area contributed by atoms with Crippen molar-refractivity contribution >= 4 is 22.6 Å². The van der Waals surface area contributed by atoms with Crippen molar-refractivity contribution in [3.8, 4) is 11.4 Å². The van der Waals surface area contributed by atoms with Gasteiger partial charge in [0.2, 0.25) is 0 Å². The minimum atomic E-state index is 0.627. The highest BCUT2D eigenvalue weighted by Crippen LogP contribution is 2.30. The van der Waals surface area contributed by atoms with Gasteiger partial charge in [0, 0.05) is 12.6 Å². The van der Waals surface area contributed by atoms with Crippen LogP contribution in [-0.2, 0) is 13.5 Å². The average molecular weight is 286 g/mol. The van der Waals surface area contributed by atoms with Crippen LogP contribution in [0.4, 0.5) is 0 Å². The second-order valence-electron chi connectivity index (χ2n) is 4.80. The number of benzene rings is 2. The van der Waals surface area contributed by atoms with Crippen LogP contribution >= 0.6 is 11.6 Å². The predicted molar refractivity (Wildman–Crippen MR) is 83.9 cm³/mol. The first-order valence-corrected chi connectivity index (χ1v) is 6.99. The summed E-state index contributed by atoms with van der Waals surface area (Å²) < 4.78 is 2.05. The quantitative estimate of drug-likeness (QED) is 0.801. The van der Waals surface area contributed by atoms with Gasteiger partial charge in [-0.15, -0.1) is 0 Å². The zero-order valence-electron chi connectivity index (χ0n) is 11.3. The van der Waals surface area contributed by atoms with Crippen LogP contribution < -0.4 is 5.73 Å². The molecule has 0 atom stereocenters. The van der Waals surface area contributed by atoms with Crippen molar-refractivity contribution in [2.45, 2.75) is 6.42 Å². The van der Waals surface area contributed by atoms with E-state index in [1.165, 1.54) is 5.56 Å². The Morgan fingerprint density at radius 3 is 2.70 bits per heavy atom. The highest BCUT2D eigenvalue weighted by atomic mass is 35.5. The molecule has 0 aliphatic carbocycles. The van der Waals surface area contributed by atoms with Crippen molar-refractivity contribution in [2.24, 2.45) is 12.8 Å². The lowest BCUT2D eigenvalue weighted by Gasteiger charge is -2.08. The molecule has 1 aromatic heterocycles. The number of halogens is 1. The topological polar surface area (TPSA) is 43.8 Å². The molecule has 0 amide bonds. The molecule has 0 bridgehead atoms. The van der Waals surface area contributed by atoms with Crippen molar-refractivity contribution < 1.29 is 0 Å². The standard InChI is InChI=1S/C16H16ClN3/c1-20-15-13(17)7-4-8-14(15)19-16(20)12-6-3-2-5-11(12)9-10-18/h2-8H,9-10,18H2,1H3. The van der Waals surface area contributed by atoms with E-state index in [1.54, 1.807) is 0 Å². The summed E-state index contributed by atoms with van der Waals surface area (Å²) in [6, 6.07) is 14.0. The molecule has 0 fully saturated rings. The maximum atomic E-state index is 6.28. The number of hydrogen-bond donors (Lipinski definition) is 1. The maximum absolute atomic E-state index is 6.28. The molecule has 3 nitrogen and oxygen atoms in total. The Morgan fingerprint density at radius 2 is 1.95 bits per heavy atom. The maximum Gasteiger partial charge on any atom is 0.141 e. The largest absolute Gasteiger partial charge is 0.330 e. The number of rotatable bonds is 3. The van der Waals surface area contributed by atoms with E-state index in [-0.39, 0.29) is 0 Å². The molecule has 0 radical (unpaired) electrons. The van der Waals surface area contributed by atoms with Crippen molar-refractivity contribution in [1.29, 1.82) is 0 Å². The van der Waals surface area contributed by atoms with Crippen LogP contribution in [0.2, 0.25) is 5.02 Å². The van der Waals surface area contributed by atoms with Crippen molar-refractivity contribution in [1.82, 2.24) is 9.55 Å². The van der Waals surface area contributed by atoms with Crippen molar-refractivity contribution in [3.05, 3.63) is 53.1 Å². The third kappa shape index (κ3) is 2.09. The first-order valence-electron chi connectivity index (χ1n) is 6.61. The van der Waals surface area contributed by atoms with Gasteiger partial charge in [-0.2, -0.15) is 0 Å². The number of nitrogens with two attached hydrogens (primary N) is 1. The van der Waals surface area contributed by atoms with Gasteiger partial charge in [-0.1, -0.05) is 41.9 Å². The Labute approximate surface area is 123 Å². The predicted octanol–water partition coefficient (Wildman–Crippen LogP) is 3.39. The molecule has 0 unspecified atom stereocenters. The van der Waals surface area contributed by atoms with Crippen LogP contribution in [0.1, 0.15) is 5.56 Å². The number of para-hydroxylation sites is 1. The molecule has 2 N–H and O–H groups in total. The lowest BCUT2D eigenvalue weighted by molar-refractivity contribution is 0.937. The fraction of sp³-hybridized carbons (Fsp3) is 0.188. The smallest absolute Gasteiger partial charge is 0.141 e. The van der Waals surface area contributed by atoms with E-state index in [0.717, 1.165) is 33.9 Å². The Kier molecular flexibility index (Phi) is 3.47. The molecule has 102 valence electrons. The number of aryl methyl sites for hydroxylation is 1. The van der Waals surface area contributed by atoms with Crippen LogP contribution in [0, 0.1) is 0 Å². The summed E-state index contributed by atoms with van der Waals surface area (Å²) in [5.74, 6) is 0.928. The molecular formula is C16H16ClN3. The Balaban J connectivity index is 2.25. The van der Waals surface area contributed by atoms with Gasteiger partial charge in [-0.05, 0) is 30.7 Å². The summed E-state index contributed by atoms with van der Waals surface area (Å²) in [5, 5.41) is 0.722. The molecular weight excluding hydrogens is 270 g/mol. The van der Waals surface area contributed by atoms with Crippen LogP contribution in [0.3, 0.4) is 0 Å². The lowest BCUT2D eigenvalue weighted by atomic mass is 10.0. The first kappa shape index (κ1) is 13.2. The Bertz CT molecular complexity index is 762. The SMILES string of the molecule is Cn1c(-c2ccccc2CCN)nc2cccc(Cl)c21. The van der Waals surface area contributed by atoms with Crippen molar-refractivity contribution in [3.63, 3.8) is 0 Å². The summed E-state index contributed by atoms with van der Waals surface area (Å²) in [6.45, 7) is 0.627. The summed E-state index contributed by atoms with van der Waals surface area (Å²) in [6.07, 6.45) is 0.840. The number of aromatic nitrogens is 2. The van der Waals surface area contributed by atoms with E-state index in [9.17, 15) is 0 Å².